The van der Waals surface area contributed by atoms with Gasteiger partial charge in [-0.1, -0.05) is 0 Å². The first-order chi connectivity index (χ1) is 3.43. The van der Waals surface area contributed by atoms with Gasteiger partial charge in [0, 0.05) is 7.05 Å². The molecule has 1 N–H and O–H groups in total. The highest BCUT2D eigenvalue weighted by Crippen LogP contribution is 2.12. The number of rotatable bonds is 1. The van der Waals surface area contributed by atoms with Gasteiger partial charge in [0.05, 0.1) is 5.00 Å². The Morgan fingerprint density at radius 1 is 1.62 bits per heavy atom. The van der Waals surface area contributed by atoms with Crippen molar-refractivity contribution in [2.75, 3.05) is 12.4 Å². The summed E-state index contributed by atoms with van der Waals surface area (Å²) >= 11 is 1.71. The molecule has 1 aromatic rings. The summed E-state index contributed by atoms with van der Waals surface area (Å²) in [5.74, 6) is 0. The Morgan fingerprint density at radius 2 is 2.38 bits per heavy atom. The van der Waals surface area contributed by atoms with E-state index in [1.165, 1.54) is 5.00 Å². The zero-order chi connectivity index (χ0) is 5.11. The highest BCUT2D eigenvalue weighted by Gasteiger charge is 1.80. The molecule has 0 atom stereocenters. The third-order valence-electron chi connectivity index (χ3n) is 0.768. The van der Waals surface area contributed by atoms with E-state index in [0.717, 1.165) is 0 Å². The number of hydrogen-bond donors (Lipinski definition) is 1. The van der Waals surface area contributed by atoms with Gasteiger partial charge in [-0.25, -0.2) is 0 Å². The molecular weight excluding hydrogens is 233 g/mol. The van der Waals surface area contributed by atoms with Crippen LogP contribution in [0.4, 0.5) is 5.00 Å². The minimum Gasteiger partial charge on any atom is -0.380 e. The zero-order valence-corrected chi connectivity index (χ0v) is 7.70. The molecule has 1 rings (SSSR count). The monoisotopic (exact) mass is 241 g/mol. The third kappa shape index (κ3) is 2.00. The first kappa shape index (κ1) is 8.23. The Bertz CT molecular complexity index is 127. The molecule has 0 aromatic carbocycles. The first-order valence-electron chi connectivity index (χ1n) is 2.15. The van der Waals surface area contributed by atoms with Gasteiger partial charge in [0.1, 0.15) is 0 Å². The standard InChI is InChI=1S/C5H7NS.HI/c1-6-5-3-2-4-7-5;/h2-4,6H,1H3;1H. The molecular formula is C5H8INS. The van der Waals surface area contributed by atoms with Crippen LogP contribution in [-0.2, 0) is 0 Å². The van der Waals surface area contributed by atoms with Crippen LogP contribution in [-0.4, -0.2) is 7.05 Å². The van der Waals surface area contributed by atoms with Gasteiger partial charge < -0.3 is 5.32 Å². The fraction of sp³-hybridized carbons (Fsp3) is 0.200. The fourth-order valence-corrected chi connectivity index (χ4v) is 1.000. The molecule has 0 aliphatic heterocycles. The van der Waals surface area contributed by atoms with E-state index in [2.05, 4.69) is 5.32 Å². The van der Waals surface area contributed by atoms with Crippen LogP contribution in [0.15, 0.2) is 17.5 Å². The van der Waals surface area contributed by atoms with Crippen LogP contribution in [0.3, 0.4) is 0 Å². The molecule has 0 fully saturated rings. The van der Waals surface area contributed by atoms with Crippen molar-refractivity contribution in [1.29, 1.82) is 0 Å². The van der Waals surface area contributed by atoms with E-state index in [-0.39, 0.29) is 24.0 Å². The van der Waals surface area contributed by atoms with E-state index < -0.39 is 0 Å². The number of halogens is 1. The van der Waals surface area contributed by atoms with Crippen LogP contribution in [0.1, 0.15) is 0 Å². The summed E-state index contributed by atoms with van der Waals surface area (Å²) in [5.41, 5.74) is 0. The van der Waals surface area contributed by atoms with Gasteiger partial charge in [-0.15, -0.1) is 35.3 Å². The SMILES string of the molecule is CNc1cccs1.I. The van der Waals surface area contributed by atoms with Crippen LogP contribution < -0.4 is 5.32 Å². The topological polar surface area (TPSA) is 12.0 Å². The van der Waals surface area contributed by atoms with Gasteiger partial charge >= 0.3 is 0 Å². The fourth-order valence-electron chi connectivity index (χ4n) is 0.421. The molecule has 0 bridgehead atoms. The average Bonchev–Trinajstić information content (AvgIpc) is 2.14. The Balaban J connectivity index is 0.000000490. The van der Waals surface area contributed by atoms with Crippen LogP contribution >= 0.6 is 35.3 Å². The maximum Gasteiger partial charge on any atom is 0.0879 e. The van der Waals surface area contributed by atoms with Crippen molar-refractivity contribution >= 4 is 40.3 Å². The van der Waals surface area contributed by atoms with E-state index >= 15 is 0 Å². The maximum absolute atomic E-state index is 3.03. The maximum atomic E-state index is 3.03. The van der Waals surface area contributed by atoms with Gasteiger partial charge in [0.15, 0.2) is 0 Å². The van der Waals surface area contributed by atoms with Crippen molar-refractivity contribution in [1.82, 2.24) is 0 Å². The molecule has 0 radical (unpaired) electrons. The predicted octanol–water partition coefficient (Wildman–Crippen LogP) is 2.41. The molecule has 0 spiro atoms. The molecule has 46 valence electrons. The van der Waals surface area contributed by atoms with Crippen molar-refractivity contribution in [3.63, 3.8) is 0 Å². The van der Waals surface area contributed by atoms with Crippen molar-refractivity contribution in [2.45, 2.75) is 0 Å². The molecule has 0 saturated heterocycles. The lowest BCUT2D eigenvalue weighted by atomic mass is 10.6. The Kier molecular flexibility index (Phi) is 4.26. The van der Waals surface area contributed by atoms with Crippen molar-refractivity contribution in [3.05, 3.63) is 17.5 Å². The molecule has 1 nitrogen and oxygen atoms in total. The Labute approximate surface area is 70.1 Å². The second kappa shape index (κ2) is 4.14. The van der Waals surface area contributed by atoms with Gasteiger partial charge in [-0.3, -0.25) is 0 Å². The molecule has 1 heterocycles. The lowest BCUT2D eigenvalue weighted by Gasteiger charge is -1.85. The molecule has 3 heteroatoms. The summed E-state index contributed by atoms with van der Waals surface area (Å²) in [5, 5.41) is 6.30. The van der Waals surface area contributed by atoms with Gasteiger partial charge in [-0.05, 0) is 17.5 Å². The number of hydrogen-bond acceptors (Lipinski definition) is 2. The van der Waals surface area contributed by atoms with E-state index in [4.69, 9.17) is 0 Å². The summed E-state index contributed by atoms with van der Waals surface area (Å²) in [6.45, 7) is 0. The van der Waals surface area contributed by atoms with Gasteiger partial charge in [0.2, 0.25) is 0 Å². The smallest absolute Gasteiger partial charge is 0.0879 e. The molecule has 8 heavy (non-hydrogen) atoms. The highest BCUT2D eigenvalue weighted by molar-refractivity contribution is 14.0. The van der Waals surface area contributed by atoms with Gasteiger partial charge in [0.25, 0.3) is 0 Å². The summed E-state index contributed by atoms with van der Waals surface area (Å²) in [6, 6.07) is 4.07. The number of thiophene rings is 1. The van der Waals surface area contributed by atoms with Crippen molar-refractivity contribution in [3.8, 4) is 0 Å². The van der Waals surface area contributed by atoms with Crippen molar-refractivity contribution in [2.24, 2.45) is 0 Å². The molecule has 0 unspecified atom stereocenters. The summed E-state index contributed by atoms with van der Waals surface area (Å²) in [4.78, 5) is 0. The van der Waals surface area contributed by atoms with E-state index in [1.54, 1.807) is 11.3 Å². The van der Waals surface area contributed by atoms with E-state index in [1.807, 2.05) is 24.6 Å². The summed E-state index contributed by atoms with van der Waals surface area (Å²) < 4.78 is 0. The third-order valence-corrected chi connectivity index (χ3v) is 1.65. The van der Waals surface area contributed by atoms with Crippen LogP contribution in [0.25, 0.3) is 0 Å². The lowest BCUT2D eigenvalue weighted by molar-refractivity contribution is 1.60. The Morgan fingerprint density at radius 3 is 2.62 bits per heavy atom. The van der Waals surface area contributed by atoms with E-state index in [9.17, 15) is 0 Å². The first-order valence-corrected chi connectivity index (χ1v) is 3.02. The molecule has 1 aromatic heterocycles. The molecule has 0 saturated carbocycles. The van der Waals surface area contributed by atoms with E-state index in [0.29, 0.717) is 0 Å². The van der Waals surface area contributed by atoms with Crippen LogP contribution in [0.2, 0.25) is 0 Å². The molecule has 0 aliphatic carbocycles. The summed E-state index contributed by atoms with van der Waals surface area (Å²) in [7, 11) is 1.92. The van der Waals surface area contributed by atoms with Crippen LogP contribution in [0, 0.1) is 0 Å². The second-order valence-corrected chi connectivity index (χ2v) is 2.17. The van der Waals surface area contributed by atoms with Crippen LogP contribution in [0.5, 0.6) is 0 Å². The number of anilines is 1. The average molecular weight is 241 g/mol. The predicted molar refractivity (Wildman–Crippen MR) is 49.3 cm³/mol. The minimum atomic E-state index is 0. The van der Waals surface area contributed by atoms with Crippen molar-refractivity contribution < 1.29 is 0 Å². The number of nitrogens with one attached hydrogen (secondary N) is 1. The lowest BCUT2D eigenvalue weighted by Crippen LogP contribution is -1.79. The second-order valence-electron chi connectivity index (χ2n) is 1.23. The molecule has 0 aliphatic rings. The summed E-state index contributed by atoms with van der Waals surface area (Å²) in [6.07, 6.45) is 0. The van der Waals surface area contributed by atoms with Gasteiger partial charge in [-0.2, -0.15) is 0 Å². The largest absolute Gasteiger partial charge is 0.380 e. The molecule has 0 amide bonds. The minimum absolute atomic E-state index is 0. The Hall–Kier alpha value is 0.230. The quantitative estimate of drug-likeness (QED) is 0.744. The normalized spacial score (nSPS) is 7.62. The zero-order valence-electron chi connectivity index (χ0n) is 4.55. The highest BCUT2D eigenvalue weighted by atomic mass is 127.